The molecule has 0 aliphatic rings. The number of aromatic nitrogens is 1. The van der Waals surface area contributed by atoms with Gasteiger partial charge in [-0.05, 0) is 47.9 Å². The number of carboxylic acid groups (broad SMARTS) is 1. The third kappa shape index (κ3) is 10.9. The minimum absolute atomic E-state index is 0.0210. The molecule has 0 bridgehead atoms. The molecule has 0 saturated carbocycles. The summed E-state index contributed by atoms with van der Waals surface area (Å²) in [4.78, 5) is 39.4. The topological polar surface area (TPSA) is 112 Å². The van der Waals surface area contributed by atoms with Gasteiger partial charge in [0.2, 0.25) is 0 Å². The number of rotatable bonds is 17. The third-order valence-electron chi connectivity index (χ3n) is 5.49. The van der Waals surface area contributed by atoms with Crippen LogP contribution in [0.2, 0.25) is 5.02 Å². The van der Waals surface area contributed by atoms with Crippen LogP contribution >= 0.6 is 11.6 Å². The van der Waals surface area contributed by atoms with Gasteiger partial charge in [-0.1, -0.05) is 29.8 Å². The first-order valence-corrected chi connectivity index (χ1v) is 12.8. The zero-order valence-corrected chi connectivity index (χ0v) is 22.0. The highest BCUT2D eigenvalue weighted by Crippen LogP contribution is 2.23. The summed E-state index contributed by atoms with van der Waals surface area (Å²) in [5.74, 6) is -0.669. The minimum atomic E-state index is -0.911. The lowest BCUT2D eigenvalue weighted by molar-refractivity contribution is -0.138. The van der Waals surface area contributed by atoms with Crippen LogP contribution in [0.4, 0.5) is 4.39 Å². The number of ketones is 2. The number of Topliss-reactive ketones (excluding diaryl/α,β-unsaturated/α-hetero) is 2. The molecule has 0 saturated heterocycles. The monoisotopic (exact) mass is 557 g/mol. The van der Waals surface area contributed by atoms with Crippen molar-refractivity contribution in [1.29, 1.82) is 0 Å². The highest BCUT2D eigenvalue weighted by atomic mass is 35.5. The van der Waals surface area contributed by atoms with Crippen molar-refractivity contribution in [1.82, 2.24) is 4.98 Å². The zero-order valence-electron chi connectivity index (χ0n) is 21.2. The van der Waals surface area contributed by atoms with E-state index in [1.165, 1.54) is 18.3 Å². The van der Waals surface area contributed by atoms with Gasteiger partial charge in [-0.3, -0.25) is 19.4 Å². The van der Waals surface area contributed by atoms with Gasteiger partial charge in [0, 0.05) is 38.1 Å². The second-order valence-corrected chi connectivity index (χ2v) is 9.07. The van der Waals surface area contributed by atoms with E-state index in [9.17, 15) is 18.8 Å². The van der Waals surface area contributed by atoms with E-state index in [0.717, 1.165) is 5.56 Å². The molecule has 0 fully saturated rings. The SMILES string of the molecule is O=C(O)CCOCCOCCCC(=O)c1cc(Oc2ccc(CC(=O)Cc3ccc(Cl)c(F)c3)cc2)ccn1. The molecule has 0 atom stereocenters. The van der Waals surface area contributed by atoms with Gasteiger partial charge in [0.25, 0.3) is 0 Å². The Balaban J connectivity index is 1.40. The van der Waals surface area contributed by atoms with Crippen LogP contribution in [0.1, 0.15) is 40.9 Å². The molecule has 39 heavy (non-hydrogen) atoms. The Hall–Kier alpha value is -3.66. The summed E-state index contributed by atoms with van der Waals surface area (Å²) in [6.45, 7) is 1.13. The molecule has 0 amide bonds. The number of nitrogens with zero attached hydrogens (tertiary/aromatic N) is 1. The lowest BCUT2D eigenvalue weighted by Crippen LogP contribution is -2.09. The van der Waals surface area contributed by atoms with Gasteiger partial charge in [0.1, 0.15) is 28.8 Å². The predicted molar refractivity (Wildman–Crippen MR) is 142 cm³/mol. The number of aliphatic carboxylic acids is 1. The van der Waals surface area contributed by atoms with E-state index in [1.807, 2.05) is 0 Å². The molecule has 3 rings (SSSR count). The summed E-state index contributed by atoms with van der Waals surface area (Å²) in [5.41, 5.74) is 1.64. The van der Waals surface area contributed by atoms with E-state index in [-0.39, 0.29) is 54.6 Å². The summed E-state index contributed by atoms with van der Waals surface area (Å²) in [5, 5.41) is 8.55. The van der Waals surface area contributed by atoms with Crippen LogP contribution < -0.4 is 4.74 Å². The van der Waals surface area contributed by atoms with E-state index >= 15 is 0 Å². The Morgan fingerprint density at radius 1 is 0.821 bits per heavy atom. The maximum Gasteiger partial charge on any atom is 0.305 e. The molecule has 0 aliphatic carbocycles. The predicted octanol–water partition coefficient (Wildman–Crippen LogP) is 5.49. The van der Waals surface area contributed by atoms with Crippen molar-refractivity contribution in [3.8, 4) is 11.5 Å². The zero-order chi connectivity index (χ0) is 28.0. The quantitative estimate of drug-likeness (QED) is 0.171. The Kier molecular flexibility index (Phi) is 12.0. The number of hydrogen-bond donors (Lipinski definition) is 1. The van der Waals surface area contributed by atoms with Crippen LogP contribution in [-0.4, -0.2) is 54.1 Å². The molecular weight excluding hydrogens is 529 g/mol. The Labute approximate surface area is 230 Å². The van der Waals surface area contributed by atoms with Crippen LogP contribution in [0.5, 0.6) is 11.5 Å². The van der Waals surface area contributed by atoms with Crippen LogP contribution in [0.15, 0.2) is 60.8 Å². The summed E-state index contributed by atoms with van der Waals surface area (Å²) in [6.07, 6.45) is 2.51. The summed E-state index contributed by atoms with van der Waals surface area (Å²) in [6, 6.07) is 14.6. The fourth-order valence-corrected chi connectivity index (χ4v) is 3.67. The van der Waals surface area contributed by atoms with E-state index in [4.69, 9.17) is 30.9 Å². The van der Waals surface area contributed by atoms with Crippen molar-refractivity contribution >= 4 is 29.1 Å². The van der Waals surface area contributed by atoms with Gasteiger partial charge in [0.05, 0.1) is 31.3 Å². The first-order valence-electron chi connectivity index (χ1n) is 12.4. The van der Waals surface area contributed by atoms with Crippen molar-refractivity contribution in [2.45, 2.75) is 32.1 Å². The van der Waals surface area contributed by atoms with Crippen molar-refractivity contribution in [2.75, 3.05) is 26.4 Å². The average Bonchev–Trinajstić information content (AvgIpc) is 2.91. The lowest BCUT2D eigenvalue weighted by atomic mass is 10.0. The van der Waals surface area contributed by atoms with Crippen molar-refractivity contribution in [3.63, 3.8) is 0 Å². The molecule has 1 aromatic heterocycles. The normalized spacial score (nSPS) is 10.8. The molecular formula is C29H29ClFNO7. The molecule has 0 unspecified atom stereocenters. The first kappa shape index (κ1) is 29.9. The molecule has 10 heteroatoms. The fraction of sp³-hybridized carbons (Fsp3) is 0.310. The number of hydrogen-bond acceptors (Lipinski definition) is 7. The number of carbonyl (C=O) groups excluding carboxylic acids is 2. The Morgan fingerprint density at radius 3 is 2.23 bits per heavy atom. The van der Waals surface area contributed by atoms with E-state index in [2.05, 4.69) is 4.98 Å². The van der Waals surface area contributed by atoms with Gasteiger partial charge in [0.15, 0.2) is 5.78 Å². The van der Waals surface area contributed by atoms with E-state index in [0.29, 0.717) is 43.3 Å². The largest absolute Gasteiger partial charge is 0.481 e. The third-order valence-corrected chi connectivity index (χ3v) is 5.79. The summed E-state index contributed by atoms with van der Waals surface area (Å²) in [7, 11) is 0. The molecule has 2 aromatic carbocycles. The van der Waals surface area contributed by atoms with Gasteiger partial charge in [-0.25, -0.2) is 4.39 Å². The minimum Gasteiger partial charge on any atom is -0.481 e. The van der Waals surface area contributed by atoms with Crippen LogP contribution in [0.3, 0.4) is 0 Å². The number of carbonyl (C=O) groups is 3. The average molecular weight is 558 g/mol. The van der Waals surface area contributed by atoms with E-state index in [1.54, 1.807) is 42.5 Å². The van der Waals surface area contributed by atoms with Crippen LogP contribution in [-0.2, 0) is 31.9 Å². The van der Waals surface area contributed by atoms with Gasteiger partial charge in [-0.15, -0.1) is 0 Å². The molecule has 8 nitrogen and oxygen atoms in total. The first-order chi connectivity index (χ1) is 18.8. The van der Waals surface area contributed by atoms with Crippen LogP contribution in [0, 0.1) is 5.82 Å². The number of pyridine rings is 1. The maximum atomic E-state index is 13.6. The van der Waals surface area contributed by atoms with Gasteiger partial charge in [-0.2, -0.15) is 0 Å². The van der Waals surface area contributed by atoms with Crippen molar-refractivity contribution in [2.24, 2.45) is 0 Å². The molecule has 206 valence electrons. The molecule has 0 spiro atoms. The summed E-state index contributed by atoms with van der Waals surface area (Å²) >= 11 is 5.69. The van der Waals surface area contributed by atoms with Gasteiger partial charge >= 0.3 is 5.97 Å². The van der Waals surface area contributed by atoms with E-state index < -0.39 is 11.8 Å². The molecule has 3 aromatic rings. The maximum absolute atomic E-state index is 13.6. The molecule has 0 radical (unpaired) electrons. The number of benzene rings is 2. The smallest absolute Gasteiger partial charge is 0.305 e. The van der Waals surface area contributed by atoms with Crippen LogP contribution in [0.25, 0.3) is 0 Å². The lowest BCUT2D eigenvalue weighted by Gasteiger charge is -2.08. The molecule has 1 N–H and O–H groups in total. The number of halogens is 2. The van der Waals surface area contributed by atoms with Crippen molar-refractivity contribution < 1.29 is 38.1 Å². The standard InChI is InChI=1S/C29H29ClFNO7/c30-25-8-5-21(18-26(25)31)17-22(33)16-20-3-6-23(7-4-20)39-24-9-11-32-27(19-24)28(34)2-1-12-37-14-15-38-13-10-29(35)36/h3-9,11,18-19H,1-2,10,12-17H2,(H,35,36). The number of carboxylic acids is 1. The Bertz CT molecular complexity index is 1270. The fourth-order valence-electron chi connectivity index (χ4n) is 3.55. The van der Waals surface area contributed by atoms with Crippen molar-refractivity contribution in [3.05, 3.63) is 88.5 Å². The second-order valence-electron chi connectivity index (χ2n) is 8.66. The second kappa shape index (κ2) is 15.7. The highest BCUT2D eigenvalue weighted by Gasteiger charge is 2.11. The molecule has 0 aliphatic heterocycles. The highest BCUT2D eigenvalue weighted by molar-refractivity contribution is 6.30. The summed E-state index contributed by atoms with van der Waals surface area (Å²) < 4.78 is 30.0. The Morgan fingerprint density at radius 2 is 1.51 bits per heavy atom. The number of ether oxygens (including phenoxy) is 3. The van der Waals surface area contributed by atoms with Gasteiger partial charge < -0.3 is 19.3 Å². The molecule has 1 heterocycles.